The Morgan fingerprint density at radius 1 is 1.03 bits per heavy atom. The van der Waals surface area contributed by atoms with Crippen molar-refractivity contribution in [2.45, 2.75) is 16.4 Å². The van der Waals surface area contributed by atoms with Gasteiger partial charge in [0.2, 0.25) is 11.1 Å². The Morgan fingerprint density at radius 2 is 1.76 bits per heavy atom. The predicted octanol–water partition coefficient (Wildman–Crippen LogP) is 4.49. The fourth-order valence-corrected chi connectivity index (χ4v) is 4.74. The van der Waals surface area contributed by atoms with E-state index in [2.05, 4.69) is 20.9 Å². The van der Waals surface area contributed by atoms with Crippen LogP contribution in [0.2, 0.25) is 0 Å². The third kappa shape index (κ3) is 4.14. The first-order valence-corrected chi connectivity index (χ1v) is 11.2. The summed E-state index contributed by atoms with van der Waals surface area (Å²) in [6.07, 6.45) is 0. The van der Waals surface area contributed by atoms with Gasteiger partial charge in [-0.1, -0.05) is 66.4 Å². The highest BCUT2D eigenvalue weighted by Crippen LogP contribution is 2.39. The largest absolute Gasteiger partial charge is 0.497 e. The molecular weight excluding hydrogens is 441 g/mol. The molecule has 1 amide bonds. The van der Waals surface area contributed by atoms with E-state index >= 15 is 0 Å². The van der Waals surface area contributed by atoms with Gasteiger partial charge in [-0.25, -0.2) is 9.07 Å². The molecule has 1 aliphatic rings. The van der Waals surface area contributed by atoms with Gasteiger partial charge in [0.15, 0.2) is 5.82 Å². The molecule has 0 spiro atoms. The van der Waals surface area contributed by atoms with Crippen LogP contribution in [-0.2, 0) is 4.79 Å². The van der Waals surface area contributed by atoms with Crippen molar-refractivity contribution in [1.82, 2.24) is 14.9 Å². The lowest BCUT2D eigenvalue weighted by Gasteiger charge is -2.33. The number of para-hydroxylation sites is 1. The van der Waals surface area contributed by atoms with Gasteiger partial charge in [0.1, 0.15) is 16.8 Å². The number of amides is 1. The van der Waals surface area contributed by atoms with Crippen LogP contribution in [0.1, 0.15) is 11.6 Å². The Bertz CT molecular complexity index is 1280. The number of rotatable bonds is 5. The van der Waals surface area contributed by atoms with Crippen molar-refractivity contribution in [2.75, 3.05) is 17.9 Å². The SMILES string of the molecule is COc1ccc([C@H]2Nn3c(nnc3-c3ccccc3)S[C@@H]2C(=O)Nc2ccccc2F)cc1. The maximum Gasteiger partial charge on any atom is 0.240 e. The first kappa shape index (κ1) is 21.0. The van der Waals surface area contributed by atoms with Gasteiger partial charge >= 0.3 is 0 Å². The fourth-order valence-electron chi connectivity index (χ4n) is 3.66. The zero-order valence-electron chi connectivity index (χ0n) is 17.6. The molecule has 166 valence electrons. The number of fused-ring (bicyclic) bond motifs is 1. The van der Waals surface area contributed by atoms with Gasteiger partial charge in [-0.15, -0.1) is 10.2 Å². The summed E-state index contributed by atoms with van der Waals surface area (Å²) in [7, 11) is 1.60. The molecule has 0 saturated heterocycles. The number of carbonyl (C=O) groups is 1. The van der Waals surface area contributed by atoms with Crippen molar-refractivity contribution in [2.24, 2.45) is 0 Å². The van der Waals surface area contributed by atoms with Crippen LogP contribution >= 0.6 is 11.8 Å². The molecule has 3 aromatic carbocycles. The highest BCUT2D eigenvalue weighted by Gasteiger charge is 2.38. The second-order valence-electron chi connectivity index (χ2n) is 7.40. The maximum atomic E-state index is 14.2. The predicted molar refractivity (Wildman–Crippen MR) is 125 cm³/mol. The van der Waals surface area contributed by atoms with Gasteiger partial charge in [-0.05, 0) is 29.8 Å². The van der Waals surface area contributed by atoms with Crippen molar-refractivity contribution in [3.63, 3.8) is 0 Å². The summed E-state index contributed by atoms with van der Waals surface area (Å²) in [4.78, 5) is 13.3. The van der Waals surface area contributed by atoms with Crippen LogP contribution in [-0.4, -0.2) is 33.1 Å². The second-order valence-corrected chi connectivity index (χ2v) is 8.50. The first-order chi connectivity index (χ1) is 16.1. The smallest absolute Gasteiger partial charge is 0.240 e. The Hall–Kier alpha value is -3.85. The quantitative estimate of drug-likeness (QED) is 0.456. The topological polar surface area (TPSA) is 81.1 Å². The van der Waals surface area contributed by atoms with E-state index in [0.29, 0.717) is 16.7 Å². The van der Waals surface area contributed by atoms with E-state index in [-0.39, 0.29) is 11.6 Å². The second kappa shape index (κ2) is 8.95. The Labute approximate surface area is 194 Å². The highest BCUT2D eigenvalue weighted by molar-refractivity contribution is 8.00. The summed E-state index contributed by atoms with van der Waals surface area (Å²) >= 11 is 1.28. The van der Waals surface area contributed by atoms with Crippen LogP contribution in [0.3, 0.4) is 0 Å². The number of hydrogen-bond acceptors (Lipinski definition) is 6. The van der Waals surface area contributed by atoms with E-state index in [1.807, 2.05) is 54.6 Å². The van der Waals surface area contributed by atoms with E-state index in [4.69, 9.17) is 4.74 Å². The van der Waals surface area contributed by atoms with Gasteiger partial charge < -0.3 is 15.5 Å². The molecule has 0 unspecified atom stereocenters. The number of anilines is 1. The molecule has 0 aliphatic carbocycles. The molecule has 33 heavy (non-hydrogen) atoms. The van der Waals surface area contributed by atoms with Crippen molar-refractivity contribution in [1.29, 1.82) is 0 Å². The van der Waals surface area contributed by atoms with Crippen LogP contribution < -0.4 is 15.5 Å². The minimum atomic E-state index is -0.627. The average molecular weight is 462 g/mol. The number of aromatic nitrogens is 3. The molecule has 2 N–H and O–H groups in total. The molecular formula is C24H20FN5O2S. The zero-order chi connectivity index (χ0) is 22.8. The molecule has 7 nitrogen and oxygen atoms in total. The number of ether oxygens (including phenoxy) is 1. The van der Waals surface area contributed by atoms with Crippen molar-refractivity contribution < 1.29 is 13.9 Å². The summed E-state index contributed by atoms with van der Waals surface area (Å²) in [5, 5.41) is 11.3. The van der Waals surface area contributed by atoms with Gasteiger partial charge in [0.05, 0.1) is 18.8 Å². The Morgan fingerprint density at radius 3 is 2.48 bits per heavy atom. The number of nitrogens with one attached hydrogen (secondary N) is 2. The van der Waals surface area contributed by atoms with Gasteiger partial charge in [-0.2, -0.15) is 0 Å². The van der Waals surface area contributed by atoms with Gasteiger partial charge in [-0.3, -0.25) is 4.79 Å². The van der Waals surface area contributed by atoms with E-state index in [1.165, 1.54) is 23.9 Å². The van der Waals surface area contributed by atoms with Crippen LogP contribution in [0.4, 0.5) is 10.1 Å². The summed E-state index contributed by atoms with van der Waals surface area (Å²) < 4.78 is 21.2. The minimum absolute atomic E-state index is 0.133. The van der Waals surface area contributed by atoms with Gasteiger partial charge in [0, 0.05) is 5.56 Å². The van der Waals surface area contributed by atoms with E-state index in [1.54, 1.807) is 23.9 Å². The lowest BCUT2D eigenvalue weighted by Crippen LogP contribution is -2.41. The number of nitrogens with zero attached hydrogens (tertiary/aromatic N) is 3. The summed E-state index contributed by atoms with van der Waals surface area (Å²) in [6, 6.07) is 22.8. The van der Waals surface area contributed by atoms with Crippen LogP contribution in [0.15, 0.2) is 84.0 Å². The number of halogens is 1. The highest BCUT2D eigenvalue weighted by atomic mass is 32.2. The van der Waals surface area contributed by atoms with Crippen LogP contribution in [0.5, 0.6) is 5.75 Å². The normalized spacial score (nSPS) is 17.0. The molecule has 0 bridgehead atoms. The third-order valence-corrected chi connectivity index (χ3v) is 6.55. The van der Waals surface area contributed by atoms with E-state index < -0.39 is 17.1 Å². The lowest BCUT2D eigenvalue weighted by molar-refractivity contribution is -0.116. The molecule has 1 aliphatic heterocycles. The zero-order valence-corrected chi connectivity index (χ0v) is 18.4. The number of benzene rings is 3. The number of methoxy groups -OCH3 is 1. The molecule has 2 heterocycles. The fraction of sp³-hybridized carbons (Fsp3) is 0.125. The number of thioether (sulfide) groups is 1. The molecule has 0 radical (unpaired) electrons. The van der Waals surface area contributed by atoms with Crippen LogP contribution in [0, 0.1) is 5.82 Å². The molecule has 9 heteroatoms. The Balaban J connectivity index is 1.52. The van der Waals surface area contributed by atoms with Crippen molar-refractivity contribution >= 4 is 23.4 Å². The van der Waals surface area contributed by atoms with Crippen molar-refractivity contribution in [3.05, 3.63) is 90.2 Å². The Kier molecular flexibility index (Phi) is 5.70. The number of carbonyl (C=O) groups excluding carboxylic acids is 1. The number of hydrogen-bond donors (Lipinski definition) is 2. The van der Waals surface area contributed by atoms with E-state index in [9.17, 15) is 9.18 Å². The molecule has 5 rings (SSSR count). The van der Waals surface area contributed by atoms with Crippen LogP contribution in [0.25, 0.3) is 11.4 Å². The van der Waals surface area contributed by atoms with E-state index in [0.717, 1.165) is 11.1 Å². The average Bonchev–Trinajstić information content (AvgIpc) is 3.28. The standard InChI is InChI=1S/C24H20FN5O2S/c1-32-17-13-11-15(12-14-17)20-21(23(31)26-19-10-6-5-9-18(19)25)33-24-28-27-22(30(24)29-20)16-7-3-2-4-8-16/h2-14,20-21,29H,1H3,(H,26,31)/t20-,21+/m1/s1. The molecule has 4 aromatic rings. The third-order valence-electron chi connectivity index (χ3n) is 5.33. The van der Waals surface area contributed by atoms with Gasteiger partial charge in [0.25, 0.3) is 0 Å². The minimum Gasteiger partial charge on any atom is -0.497 e. The van der Waals surface area contributed by atoms with Crippen molar-refractivity contribution in [3.8, 4) is 17.1 Å². The summed E-state index contributed by atoms with van der Waals surface area (Å²) in [6.45, 7) is 0. The first-order valence-electron chi connectivity index (χ1n) is 10.3. The molecule has 1 aromatic heterocycles. The summed E-state index contributed by atoms with van der Waals surface area (Å²) in [5.41, 5.74) is 5.30. The monoisotopic (exact) mass is 461 g/mol. The lowest BCUT2D eigenvalue weighted by atomic mass is 10.0. The molecule has 2 atom stereocenters. The maximum absolute atomic E-state index is 14.2. The molecule has 0 saturated carbocycles. The molecule has 0 fully saturated rings. The summed E-state index contributed by atoms with van der Waals surface area (Å²) in [5.74, 6) is 0.526.